The normalized spacial score (nSPS) is 14.5. The van der Waals surface area contributed by atoms with Gasteiger partial charge in [0.15, 0.2) is 5.78 Å². The Morgan fingerprint density at radius 1 is 0.944 bits per heavy atom. The lowest BCUT2D eigenvalue weighted by Crippen LogP contribution is -2.66. The molecule has 1 atom stereocenters. The number of benzene rings is 3. The first-order chi connectivity index (χ1) is 25.3. The Kier molecular flexibility index (Phi) is 13.4. The second-order valence-electron chi connectivity index (χ2n) is 15.9. The number of allylic oxidation sites excluding steroid dienone is 3. The van der Waals surface area contributed by atoms with Crippen LogP contribution >= 0.6 is 11.8 Å². The Morgan fingerprint density at radius 2 is 1.50 bits per heavy atom. The molecule has 0 saturated carbocycles. The maximum Gasteiger partial charge on any atom is 0.411 e. The molecule has 1 aliphatic carbocycles. The van der Waals surface area contributed by atoms with Crippen molar-refractivity contribution in [3.05, 3.63) is 105 Å². The SMILES string of the molecule is COc1c(C)c(O)c2c(c1C(=O)/C(C)=C/[C@H](C)CO[Si](c1ccccc1)(c1ccccc1)C(C)(C)C)C(=O)C(SC)=C(NC(=O)OCC[Si](C)(C)C)C2=O. The van der Waals surface area contributed by atoms with Gasteiger partial charge in [0.05, 0.1) is 35.3 Å². The second kappa shape index (κ2) is 17.1. The minimum absolute atomic E-state index is 0.0102. The van der Waals surface area contributed by atoms with Crippen LogP contribution in [0.25, 0.3) is 0 Å². The summed E-state index contributed by atoms with van der Waals surface area (Å²) >= 11 is 0.954. The zero-order chi connectivity index (χ0) is 40.2. The number of aromatic hydroxyl groups is 1. The van der Waals surface area contributed by atoms with E-state index in [2.05, 4.69) is 70.0 Å². The highest BCUT2D eigenvalue weighted by Gasteiger charge is 2.50. The molecule has 1 amide bonds. The Bertz CT molecular complexity index is 1940. The molecule has 0 heterocycles. The van der Waals surface area contributed by atoms with E-state index < -0.39 is 45.6 Å². The number of alkyl carbamates (subject to hydrolysis) is 1. The van der Waals surface area contributed by atoms with Crippen LogP contribution in [-0.2, 0) is 9.16 Å². The lowest BCUT2D eigenvalue weighted by atomic mass is 9.82. The molecule has 1 aliphatic rings. The number of thioether (sulfide) groups is 1. The number of rotatable bonds is 14. The van der Waals surface area contributed by atoms with Crippen molar-refractivity contribution in [3.8, 4) is 11.5 Å². The number of carbonyl (C=O) groups is 4. The van der Waals surface area contributed by atoms with Crippen LogP contribution < -0.4 is 20.4 Å². The summed E-state index contributed by atoms with van der Waals surface area (Å²) < 4.78 is 18.1. The van der Waals surface area contributed by atoms with Crippen molar-refractivity contribution in [3.63, 3.8) is 0 Å². The standard InChI is InChI=1S/C42H53NO8SSi2/c1-26(25-51-54(42(4,5)6,29-18-14-12-15-19-29)30-20-16-13-17-21-30)24-27(2)35(44)33-31-32(36(45)28(3)39(33)49-7)37(46)34(40(52-8)38(31)47)43-41(48)50-22-23-53(9,10)11/h12-21,24,26,45H,22-23,25H2,1-11H3,(H,43,48)/b27-24+/t26-/m0/s1. The highest BCUT2D eigenvalue weighted by atomic mass is 32.2. The van der Waals surface area contributed by atoms with Gasteiger partial charge in [-0.2, -0.15) is 0 Å². The third-order valence-corrected chi connectivity index (χ3v) is 17.1. The zero-order valence-electron chi connectivity index (χ0n) is 33.3. The third kappa shape index (κ3) is 8.67. The van der Waals surface area contributed by atoms with Gasteiger partial charge in [-0.3, -0.25) is 19.7 Å². The molecule has 54 heavy (non-hydrogen) atoms. The molecule has 2 N–H and O–H groups in total. The van der Waals surface area contributed by atoms with E-state index in [1.807, 2.05) is 43.3 Å². The maximum absolute atomic E-state index is 14.5. The first kappa shape index (κ1) is 42.5. The topological polar surface area (TPSA) is 128 Å². The minimum atomic E-state index is -2.85. The number of Topliss-reactive ketones (excluding diaryl/α,β-unsaturated/α-hetero) is 3. The number of hydrogen-bond acceptors (Lipinski definition) is 9. The Hall–Kier alpha value is -4.24. The molecule has 0 fully saturated rings. The van der Waals surface area contributed by atoms with Gasteiger partial charge in [0.2, 0.25) is 11.6 Å². The number of fused-ring (bicyclic) bond motifs is 1. The zero-order valence-corrected chi connectivity index (χ0v) is 36.1. The van der Waals surface area contributed by atoms with Crippen LogP contribution in [0.2, 0.25) is 30.7 Å². The molecule has 0 aliphatic heterocycles. The minimum Gasteiger partial charge on any atom is -0.507 e. The fraction of sp³-hybridized carbons (Fsp3) is 0.381. The monoisotopic (exact) mass is 787 g/mol. The molecule has 3 aromatic carbocycles. The molecule has 0 unspecified atom stereocenters. The summed E-state index contributed by atoms with van der Waals surface area (Å²) in [5, 5.41) is 15.8. The van der Waals surface area contributed by atoms with Gasteiger partial charge in [0, 0.05) is 20.2 Å². The average molecular weight is 788 g/mol. The summed E-state index contributed by atoms with van der Waals surface area (Å²) in [6.07, 6.45) is 2.51. The van der Waals surface area contributed by atoms with Gasteiger partial charge in [-0.25, -0.2) is 4.79 Å². The third-order valence-electron chi connectivity index (χ3n) is 9.59. The molecule has 0 saturated heterocycles. The number of phenolic OH excluding ortho intramolecular Hbond substituents is 1. The van der Waals surface area contributed by atoms with Crippen LogP contribution in [0.4, 0.5) is 4.79 Å². The van der Waals surface area contributed by atoms with E-state index in [1.165, 1.54) is 14.0 Å². The van der Waals surface area contributed by atoms with Crippen molar-refractivity contribution >= 4 is 62.0 Å². The Balaban J connectivity index is 1.73. The Morgan fingerprint density at radius 3 is 1.98 bits per heavy atom. The Labute approximate surface area is 325 Å². The molecular formula is C42H53NO8SSi2. The maximum atomic E-state index is 14.5. The number of amides is 1. The van der Waals surface area contributed by atoms with E-state index in [9.17, 15) is 24.3 Å². The molecule has 9 nitrogen and oxygen atoms in total. The van der Waals surface area contributed by atoms with Crippen molar-refractivity contribution in [2.24, 2.45) is 5.92 Å². The van der Waals surface area contributed by atoms with Crippen molar-refractivity contribution in [1.82, 2.24) is 5.32 Å². The van der Waals surface area contributed by atoms with Crippen LogP contribution in [0.5, 0.6) is 11.5 Å². The molecule has 288 valence electrons. The van der Waals surface area contributed by atoms with Crippen LogP contribution in [0.3, 0.4) is 0 Å². The van der Waals surface area contributed by atoms with Crippen LogP contribution in [-0.4, -0.2) is 71.5 Å². The number of ketones is 3. The molecular weight excluding hydrogens is 735 g/mol. The fourth-order valence-electron chi connectivity index (χ4n) is 6.88. The smallest absolute Gasteiger partial charge is 0.411 e. The predicted octanol–water partition coefficient (Wildman–Crippen LogP) is 8.07. The number of hydrogen-bond donors (Lipinski definition) is 2. The lowest BCUT2D eigenvalue weighted by molar-refractivity contribution is 0.0960. The predicted molar refractivity (Wildman–Crippen MR) is 222 cm³/mol. The van der Waals surface area contributed by atoms with Crippen LogP contribution in [0, 0.1) is 12.8 Å². The first-order valence-electron chi connectivity index (χ1n) is 18.0. The van der Waals surface area contributed by atoms with Crippen molar-refractivity contribution in [1.29, 1.82) is 0 Å². The summed E-state index contributed by atoms with van der Waals surface area (Å²) in [6.45, 7) is 18.6. The summed E-state index contributed by atoms with van der Waals surface area (Å²) in [4.78, 5) is 55.5. The summed E-state index contributed by atoms with van der Waals surface area (Å²) in [5.74, 6) is -2.78. The fourth-order valence-corrected chi connectivity index (χ4v) is 12.9. The van der Waals surface area contributed by atoms with Gasteiger partial charge in [-0.05, 0) is 53.1 Å². The van der Waals surface area contributed by atoms with Crippen molar-refractivity contribution in [2.75, 3.05) is 26.6 Å². The van der Waals surface area contributed by atoms with Gasteiger partial charge in [-0.1, -0.05) is 114 Å². The van der Waals surface area contributed by atoms with Crippen LogP contribution in [0.15, 0.2) is 82.9 Å². The number of phenols is 1. The van der Waals surface area contributed by atoms with Gasteiger partial charge in [0.1, 0.15) is 17.2 Å². The van der Waals surface area contributed by atoms with E-state index in [4.69, 9.17) is 13.9 Å². The van der Waals surface area contributed by atoms with Gasteiger partial charge >= 0.3 is 6.09 Å². The lowest BCUT2D eigenvalue weighted by Gasteiger charge is -2.43. The first-order valence-corrected chi connectivity index (χ1v) is 24.9. The molecule has 12 heteroatoms. The molecule has 0 bridgehead atoms. The van der Waals surface area contributed by atoms with Gasteiger partial charge in [-0.15, -0.1) is 11.8 Å². The second-order valence-corrected chi connectivity index (χ2v) is 26.6. The molecule has 3 aromatic rings. The van der Waals surface area contributed by atoms with Crippen LogP contribution in [0.1, 0.15) is 71.3 Å². The summed E-state index contributed by atoms with van der Waals surface area (Å²) in [5.41, 5.74) is -0.648. The van der Waals surface area contributed by atoms with Crippen molar-refractivity contribution < 1.29 is 38.2 Å². The number of carbonyl (C=O) groups excluding carboxylic acids is 4. The summed E-state index contributed by atoms with van der Waals surface area (Å²) in [7, 11) is -3.02. The molecule has 0 aromatic heterocycles. The van der Waals surface area contributed by atoms with E-state index in [1.54, 1.807) is 19.3 Å². The quantitative estimate of drug-likeness (QED) is 0.0948. The summed E-state index contributed by atoms with van der Waals surface area (Å²) in [6, 6.07) is 21.3. The van der Waals surface area contributed by atoms with Gasteiger partial charge in [0.25, 0.3) is 8.32 Å². The van der Waals surface area contributed by atoms with E-state index >= 15 is 0 Å². The van der Waals surface area contributed by atoms with E-state index in [-0.39, 0.29) is 56.2 Å². The molecule has 0 spiro atoms. The van der Waals surface area contributed by atoms with E-state index in [0.717, 1.165) is 22.1 Å². The largest absolute Gasteiger partial charge is 0.507 e. The highest BCUT2D eigenvalue weighted by Crippen LogP contribution is 2.45. The van der Waals surface area contributed by atoms with Crippen molar-refractivity contribution in [2.45, 2.75) is 72.3 Å². The number of methoxy groups -OCH3 is 1. The van der Waals surface area contributed by atoms with Gasteiger partial charge < -0.3 is 19.0 Å². The molecule has 0 radical (unpaired) electrons. The number of nitrogens with one attached hydrogen (secondary N) is 1. The molecule has 4 rings (SSSR count). The van der Waals surface area contributed by atoms with E-state index in [0.29, 0.717) is 18.2 Å². The number of ether oxygens (including phenoxy) is 2. The average Bonchev–Trinajstić information content (AvgIpc) is 3.11. The highest BCUT2D eigenvalue weighted by molar-refractivity contribution is 8.03.